The molecule has 2 aromatic rings. The number of carbonyl (C=O) groups excluding carboxylic acids is 3. The maximum atomic E-state index is 13.6. The Morgan fingerprint density at radius 2 is 1.83 bits per heavy atom. The van der Waals surface area contributed by atoms with Crippen LogP contribution in [-0.4, -0.2) is 61.5 Å². The van der Waals surface area contributed by atoms with E-state index in [1.165, 1.54) is 11.8 Å². The van der Waals surface area contributed by atoms with Crippen molar-refractivity contribution in [1.82, 2.24) is 26.6 Å². The molecule has 2 aromatic carbocycles. The van der Waals surface area contributed by atoms with E-state index in [0.29, 0.717) is 16.4 Å². The third-order valence-corrected chi connectivity index (χ3v) is 9.63. The first kappa shape index (κ1) is 27.6. The van der Waals surface area contributed by atoms with E-state index in [0.717, 1.165) is 49.2 Å². The maximum Gasteiger partial charge on any atom is 0.326 e. The number of benzene rings is 2. The second-order valence-electron chi connectivity index (χ2n) is 11.0. The minimum Gasteiger partial charge on any atom is -0.457 e. The molecule has 5 N–H and O–H groups in total. The van der Waals surface area contributed by atoms with Gasteiger partial charge in [0, 0.05) is 29.4 Å². The normalized spacial score (nSPS) is 26.8. The van der Waals surface area contributed by atoms with Gasteiger partial charge in [-0.15, -0.1) is 0 Å². The highest BCUT2D eigenvalue weighted by atomic mass is 32.2. The van der Waals surface area contributed by atoms with Crippen LogP contribution in [0.4, 0.5) is 10.5 Å². The standard InChI is InChI=1S/C30H36N6O4S/c1-17-15-19(40-18-7-4-3-5-8-18)11-12-22(17)36-23-13-14-32-29-25(23)26(35-30(36)39)27(41-29)28(38)34-21-10-6-9-20(21)33-24(37)16-31-2/h3-5,7-8,11-12,15,20-21,23,25,29,31-32H,6,9-10,13-14,16H2,1-2H3,(H,33,37)(H,34,38)(H,35,39)/t20-,21-,23?,25?,29?/m1/s1. The number of carbonyl (C=O) groups is 3. The van der Waals surface area contributed by atoms with Crippen molar-refractivity contribution in [2.75, 3.05) is 25.0 Å². The third-order valence-electron chi connectivity index (χ3n) is 8.27. The highest BCUT2D eigenvalue weighted by molar-refractivity contribution is 8.04. The van der Waals surface area contributed by atoms with Crippen LogP contribution in [0.25, 0.3) is 0 Å². The van der Waals surface area contributed by atoms with Gasteiger partial charge in [0.05, 0.1) is 22.9 Å². The number of thioether (sulfide) groups is 1. The predicted octanol–water partition coefficient (Wildman–Crippen LogP) is 2.95. The first-order chi connectivity index (χ1) is 19.9. The largest absolute Gasteiger partial charge is 0.457 e. The van der Waals surface area contributed by atoms with Crippen LogP contribution in [0.3, 0.4) is 0 Å². The van der Waals surface area contributed by atoms with Gasteiger partial charge in [0.25, 0.3) is 5.91 Å². The van der Waals surface area contributed by atoms with Crippen molar-refractivity contribution in [2.24, 2.45) is 5.92 Å². The number of nitrogens with one attached hydrogen (secondary N) is 5. The van der Waals surface area contributed by atoms with E-state index < -0.39 is 0 Å². The summed E-state index contributed by atoms with van der Waals surface area (Å²) in [6.07, 6.45) is 3.34. The lowest BCUT2D eigenvalue weighted by Crippen LogP contribution is -2.62. The number of para-hydroxylation sites is 1. The zero-order valence-electron chi connectivity index (χ0n) is 23.2. The van der Waals surface area contributed by atoms with E-state index in [1.807, 2.05) is 60.4 Å². The summed E-state index contributed by atoms with van der Waals surface area (Å²) in [5.41, 5.74) is 2.47. The third kappa shape index (κ3) is 5.53. The predicted molar refractivity (Wildman–Crippen MR) is 159 cm³/mol. The lowest BCUT2D eigenvalue weighted by molar-refractivity contribution is -0.122. The van der Waals surface area contributed by atoms with Gasteiger partial charge in [0.1, 0.15) is 11.5 Å². The van der Waals surface area contributed by atoms with Gasteiger partial charge in [0.15, 0.2) is 0 Å². The van der Waals surface area contributed by atoms with Gasteiger partial charge in [-0.2, -0.15) is 0 Å². The van der Waals surface area contributed by atoms with Gasteiger partial charge in [0.2, 0.25) is 5.91 Å². The minimum atomic E-state index is -0.229. The average molecular weight is 577 g/mol. The average Bonchev–Trinajstić information content (AvgIpc) is 3.55. The Morgan fingerprint density at radius 1 is 1.05 bits per heavy atom. The van der Waals surface area contributed by atoms with E-state index in [2.05, 4.69) is 26.6 Å². The van der Waals surface area contributed by atoms with Gasteiger partial charge in [-0.05, 0) is 82.1 Å². The van der Waals surface area contributed by atoms with Gasteiger partial charge in [-0.25, -0.2) is 4.79 Å². The lowest BCUT2D eigenvalue weighted by atomic mass is 9.86. The molecule has 4 amide bonds. The van der Waals surface area contributed by atoms with Gasteiger partial charge in [-0.3, -0.25) is 14.5 Å². The Morgan fingerprint density at radius 3 is 2.59 bits per heavy atom. The van der Waals surface area contributed by atoms with Crippen molar-refractivity contribution in [3.63, 3.8) is 0 Å². The monoisotopic (exact) mass is 576 g/mol. The quantitative estimate of drug-likeness (QED) is 0.327. The summed E-state index contributed by atoms with van der Waals surface area (Å²) in [4.78, 5) is 41.8. The number of ether oxygens (including phenoxy) is 1. The van der Waals surface area contributed by atoms with Crippen molar-refractivity contribution in [3.8, 4) is 11.5 Å². The fourth-order valence-electron chi connectivity index (χ4n) is 6.45. The van der Waals surface area contributed by atoms with Crippen molar-refractivity contribution < 1.29 is 19.1 Å². The molecule has 1 saturated carbocycles. The lowest BCUT2D eigenvalue weighted by Gasteiger charge is -2.46. The van der Waals surface area contributed by atoms with Gasteiger partial charge >= 0.3 is 6.03 Å². The molecule has 0 aromatic heterocycles. The zero-order valence-corrected chi connectivity index (χ0v) is 24.1. The number of aryl methyl sites for hydroxylation is 1. The van der Waals surface area contributed by atoms with Crippen molar-refractivity contribution in [1.29, 1.82) is 0 Å². The number of nitrogens with zero attached hydrogens (tertiary/aromatic N) is 1. The summed E-state index contributed by atoms with van der Waals surface area (Å²) in [5, 5.41) is 15.7. The SMILES string of the molecule is CNCC(=O)N[C@@H]1CCC[C@H]1NC(=O)C1=C2NC(=O)N(c3ccc(Oc4ccccc4)cc3C)C3CCNC(S1)C23. The molecule has 3 unspecified atom stereocenters. The number of rotatable bonds is 8. The first-order valence-electron chi connectivity index (χ1n) is 14.3. The van der Waals surface area contributed by atoms with Crippen LogP contribution in [0.1, 0.15) is 31.2 Å². The smallest absolute Gasteiger partial charge is 0.326 e. The Hall–Kier alpha value is -3.54. The van der Waals surface area contributed by atoms with Crippen molar-refractivity contribution >= 4 is 35.3 Å². The number of anilines is 1. The maximum absolute atomic E-state index is 13.6. The van der Waals surface area contributed by atoms with E-state index in [9.17, 15) is 14.4 Å². The molecule has 3 heterocycles. The summed E-state index contributed by atoms with van der Waals surface area (Å²) in [6, 6.07) is 14.8. The summed E-state index contributed by atoms with van der Waals surface area (Å²) in [7, 11) is 1.73. The van der Waals surface area contributed by atoms with E-state index in [1.54, 1.807) is 7.05 Å². The topological polar surface area (TPSA) is 124 Å². The molecule has 4 aliphatic rings. The van der Waals surface area contributed by atoms with Crippen LogP contribution >= 0.6 is 11.8 Å². The number of likely N-dealkylation sites (N-methyl/N-ethyl adjacent to an activating group) is 1. The minimum absolute atomic E-state index is 0.0108. The summed E-state index contributed by atoms with van der Waals surface area (Å²) >= 11 is 1.49. The van der Waals surface area contributed by atoms with Crippen LogP contribution < -0.4 is 36.2 Å². The molecule has 1 aliphatic carbocycles. The van der Waals surface area contributed by atoms with Crippen LogP contribution in [0, 0.1) is 12.8 Å². The molecule has 6 rings (SSSR count). The molecule has 5 atom stereocenters. The molecule has 3 fully saturated rings. The highest BCUT2D eigenvalue weighted by Gasteiger charge is 2.52. The van der Waals surface area contributed by atoms with Crippen molar-refractivity contribution in [2.45, 2.75) is 56.1 Å². The zero-order chi connectivity index (χ0) is 28.5. The highest BCUT2D eigenvalue weighted by Crippen LogP contribution is 2.48. The Labute approximate surface area is 244 Å². The molecule has 0 bridgehead atoms. The number of hydrogen-bond acceptors (Lipinski definition) is 7. The number of amides is 4. The Balaban J connectivity index is 1.21. The molecule has 0 spiro atoms. The summed E-state index contributed by atoms with van der Waals surface area (Å²) in [5.74, 6) is 1.16. The molecule has 11 heteroatoms. The number of hydrogen-bond donors (Lipinski definition) is 5. The fourth-order valence-corrected chi connectivity index (χ4v) is 7.85. The summed E-state index contributed by atoms with van der Waals surface area (Å²) in [6.45, 7) is 2.98. The molecular formula is C30H36N6O4S. The van der Waals surface area contributed by atoms with Crippen LogP contribution in [0.5, 0.6) is 11.5 Å². The van der Waals surface area contributed by atoms with Gasteiger partial charge < -0.3 is 31.3 Å². The Bertz CT molecular complexity index is 1370. The second kappa shape index (κ2) is 11.8. The first-order valence-corrected chi connectivity index (χ1v) is 15.1. The van der Waals surface area contributed by atoms with E-state index in [4.69, 9.17) is 4.74 Å². The fraction of sp³-hybridized carbons (Fsp3) is 0.433. The van der Waals surface area contributed by atoms with Crippen LogP contribution in [-0.2, 0) is 9.59 Å². The van der Waals surface area contributed by atoms with Crippen molar-refractivity contribution in [3.05, 3.63) is 64.7 Å². The Kier molecular flexibility index (Phi) is 7.92. The van der Waals surface area contributed by atoms with E-state index in [-0.39, 0.29) is 53.8 Å². The number of urea groups is 1. The molecule has 10 nitrogen and oxygen atoms in total. The summed E-state index contributed by atoms with van der Waals surface area (Å²) < 4.78 is 6.00. The molecular weight excluding hydrogens is 540 g/mol. The van der Waals surface area contributed by atoms with Crippen LogP contribution in [0.15, 0.2) is 59.1 Å². The molecule has 3 aliphatic heterocycles. The second-order valence-corrected chi connectivity index (χ2v) is 12.1. The number of piperidine rings is 1. The van der Waals surface area contributed by atoms with Crippen LogP contribution in [0.2, 0.25) is 0 Å². The van der Waals surface area contributed by atoms with E-state index >= 15 is 0 Å². The molecule has 216 valence electrons. The molecule has 41 heavy (non-hydrogen) atoms. The molecule has 0 radical (unpaired) electrons. The van der Waals surface area contributed by atoms with Gasteiger partial charge in [-0.1, -0.05) is 30.0 Å². The molecule has 2 saturated heterocycles.